The van der Waals surface area contributed by atoms with Gasteiger partial charge in [0.25, 0.3) is 0 Å². The summed E-state index contributed by atoms with van der Waals surface area (Å²) in [5.74, 6) is -4.20. The zero-order valence-corrected chi connectivity index (χ0v) is 13.7. The number of Topliss-reactive ketones (excluding diaryl/α,β-unsaturated/α-hetero) is 1. The Bertz CT molecular complexity index is 717. The Morgan fingerprint density at radius 2 is 1.00 bits per heavy atom. The van der Waals surface area contributed by atoms with Crippen molar-refractivity contribution in [2.24, 2.45) is 11.8 Å². The van der Waals surface area contributed by atoms with Crippen molar-refractivity contribution < 1.29 is 22.4 Å². The van der Waals surface area contributed by atoms with Gasteiger partial charge in [-0.2, -0.15) is 0 Å². The molecule has 3 rings (SSSR count). The molecule has 2 aromatic carbocycles. The zero-order valence-electron chi connectivity index (χ0n) is 13.7. The number of carbonyl (C=O) groups is 1. The second kappa shape index (κ2) is 6.59. The Labute approximate surface area is 142 Å². The number of ketones is 1. The molecule has 1 aliphatic rings. The molecule has 4 atom stereocenters. The maximum atomic E-state index is 13.6. The average molecular weight is 351 g/mol. The van der Waals surface area contributed by atoms with Crippen molar-refractivity contribution in [1.29, 1.82) is 0 Å². The molecule has 6 heteroatoms. The summed E-state index contributed by atoms with van der Waals surface area (Å²) in [4.78, 5) is 12.6. The van der Waals surface area contributed by atoms with Gasteiger partial charge in [0.2, 0.25) is 0 Å². The van der Waals surface area contributed by atoms with Crippen LogP contribution in [0.15, 0.2) is 36.4 Å². The lowest BCUT2D eigenvalue weighted by molar-refractivity contribution is -0.130. The smallest absolute Gasteiger partial charge is 0.142 e. The third-order valence-corrected chi connectivity index (χ3v) is 4.74. The Balaban J connectivity index is 2.02. The fourth-order valence-electron chi connectivity index (χ4n) is 3.50. The number of nitrogens with one attached hydrogen (secondary N) is 1. The number of hydrogen-bond acceptors (Lipinski definition) is 2. The van der Waals surface area contributed by atoms with Gasteiger partial charge in [0.1, 0.15) is 29.1 Å². The topological polar surface area (TPSA) is 29.1 Å². The van der Waals surface area contributed by atoms with Crippen LogP contribution < -0.4 is 5.32 Å². The Morgan fingerprint density at radius 3 is 1.32 bits per heavy atom. The van der Waals surface area contributed by atoms with E-state index in [-0.39, 0.29) is 16.9 Å². The van der Waals surface area contributed by atoms with Gasteiger partial charge in [0.05, 0.1) is 0 Å². The Morgan fingerprint density at radius 1 is 0.680 bits per heavy atom. The molecule has 25 heavy (non-hydrogen) atoms. The molecule has 132 valence electrons. The van der Waals surface area contributed by atoms with Crippen LogP contribution in [0.2, 0.25) is 0 Å². The molecule has 1 aliphatic heterocycles. The van der Waals surface area contributed by atoms with Gasteiger partial charge < -0.3 is 5.32 Å². The molecule has 0 aromatic heterocycles. The summed E-state index contributed by atoms with van der Waals surface area (Å²) in [6.45, 7) is 3.34. The van der Waals surface area contributed by atoms with Gasteiger partial charge in [0, 0.05) is 36.1 Å². The van der Waals surface area contributed by atoms with E-state index in [1.165, 1.54) is 0 Å². The molecule has 2 nitrogen and oxygen atoms in total. The van der Waals surface area contributed by atoms with Gasteiger partial charge in [-0.3, -0.25) is 4.79 Å². The van der Waals surface area contributed by atoms with Crippen LogP contribution in [0, 0.1) is 35.1 Å². The predicted molar refractivity (Wildman–Crippen MR) is 84.7 cm³/mol. The maximum absolute atomic E-state index is 13.6. The summed E-state index contributed by atoms with van der Waals surface area (Å²) in [6, 6.07) is 4.80. The van der Waals surface area contributed by atoms with Crippen LogP contribution in [0.25, 0.3) is 0 Å². The van der Waals surface area contributed by atoms with Crippen molar-refractivity contribution in [2.75, 3.05) is 0 Å². The third kappa shape index (κ3) is 3.44. The molecule has 2 aromatic rings. The lowest BCUT2D eigenvalue weighted by Crippen LogP contribution is -2.46. The van der Waals surface area contributed by atoms with Crippen molar-refractivity contribution >= 4 is 5.78 Å². The lowest BCUT2D eigenvalue weighted by Gasteiger charge is -2.39. The summed E-state index contributed by atoms with van der Waals surface area (Å²) in [6.07, 6.45) is 0. The van der Waals surface area contributed by atoms with Gasteiger partial charge in [-0.1, -0.05) is 13.8 Å². The standard InChI is InChI=1S/C19H17F4NO/c1-9-17(11-3-13(20)7-14(21)4-11)24-18(10(2)19(9)25)12-5-15(22)8-16(23)6-12/h3-10,17-18,24H,1-2H3/t9-,10+,17+,18-. The highest BCUT2D eigenvalue weighted by molar-refractivity contribution is 5.85. The van der Waals surface area contributed by atoms with Gasteiger partial charge in [-0.05, 0) is 35.4 Å². The lowest BCUT2D eigenvalue weighted by atomic mass is 9.76. The van der Waals surface area contributed by atoms with Crippen molar-refractivity contribution in [1.82, 2.24) is 5.32 Å². The number of hydrogen-bond donors (Lipinski definition) is 1. The molecule has 1 fully saturated rings. The summed E-state index contributed by atoms with van der Waals surface area (Å²) in [7, 11) is 0. The average Bonchev–Trinajstić information content (AvgIpc) is 2.51. The van der Waals surface area contributed by atoms with Crippen LogP contribution in [0.4, 0.5) is 17.6 Å². The summed E-state index contributed by atoms with van der Waals surface area (Å²) >= 11 is 0. The first-order valence-electron chi connectivity index (χ1n) is 7.98. The maximum Gasteiger partial charge on any atom is 0.142 e. The van der Waals surface area contributed by atoms with Crippen LogP contribution in [-0.2, 0) is 4.79 Å². The van der Waals surface area contributed by atoms with Crippen molar-refractivity contribution in [3.8, 4) is 0 Å². The fraction of sp³-hybridized carbons (Fsp3) is 0.316. The van der Waals surface area contributed by atoms with Crippen LogP contribution >= 0.6 is 0 Å². The minimum absolute atomic E-state index is 0.136. The van der Waals surface area contributed by atoms with Gasteiger partial charge >= 0.3 is 0 Å². The fourth-order valence-corrected chi connectivity index (χ4v) is 3.50. The van der Waals surface area contributed by atoms with Crippen molar-refractivity contribution in [2.45, 2.75) is 25.9 Å². The molecule has 0 amide bonds. The quantitative estimate of drug-likeness (QED) is 0.809. The van der Waals surface area contributed by atoms with E-state index < -0.39 is 47.2 Å². The van der Waals surface area contributed by atoms with Crippen molar-refractivity contribution in [3.63, 3.8) is 0 Å². The first kappa shape index (κ1) is 17.6. The van der Waals surface area contributed by atoms with E-state index in [0.29, 0.717) is 0 Å². The van der Waals surface area contributed by atoms with Crippen LogP contribution in [0.5, 0.6) is 0 Å². The number of benzene rings is 2. The van der Waals surface area contributed by atoms with Crippen LogP contribution in [0.1, 0.15) is 37.1 Å². The van der Waals surface area contributed by atoms with E-state index in [9.17, 15) is 22.4 Å². The van der Waals surface area contributed by atoms with Crippen molar-refractivity contribution in [3.05, 3.63) is 70.8 Å². The third-order valence-electron chi connectivity index (χ3n) is 4.74. The van der Waals surface area contributed by atoms with Gasteiger partial charge in [-0.25, -0.2) is 17.6 Å². The highest BCUT2D eigenvalue weighted by atomic mass is 19.1. The second-order valence-corrected chi connectivity index (χ2v) is 6.51. The summed E-state index contributed by atoms with van der Waals surface area (Å²) in [5.41, 5.74) is 0.569. The molecule has 1 saturated heterocycles. The molecule has 0 spiro atoms. The molecule has 1 heterocycles. The molecule has 0 saturated carbocycles. The highest BCUT2D eigenvalue weighted by Gasteiger charge is 2.40. The van der Waals surface area contributed by atoms with Gasteiger partial charge in [-0.15, -0.1) is 0 Å². The van der Waals surface area contributed by atoms with Gasteiger partial charge in [0.15, 0.2) is 0 Å². The Hall–Kier alpha value is -2.21. The second-order valence-electron chi connectivity index (χ2n) is 6.51. The first-order chi connectivity index (χ1) is 11.8. The van der Waals surface area contributed by atoms with E-state index in [4.69, 9.17) is 0 Å². The normalized spacial score (nSPS) is 26.7. The van der Waals surface area contributed by atoms with E-state index in [0.717, 1.165) is 36.4 Å². The molecule has 0 radical (unpaired) electrons. The highest BCUT2D eigenvalue weighted by Crippen LogP contribution is 2.38. The number of carbonyl (C=O) groups excluding carboxylic acids is 1. The minimum Gasteiger partial charge on any atom is -0.302 e. The minimum atomic E-state index is -0.747. The van der Waals surface area contributed by atoms with E-state index >= 15 is 0 Å². The molecule has 0 aliphatic carbocycles. The summed E-state index contributed by atoms with van der Waals surface area (Å²) in [5, 5.41) is 3.14. The van der Waals surface area contributed by atoms with E-state index in [1.807, 2.05) is 0 Å². The van der Waals surface area contributed by atoms with Crippen LogP contribution in [0.3, 0.4) is 0 Å². The molecule has 0 unspecified atom stereocenters. The molecule has 1 N–H and O–H groups in total. The number of piperidine rings is 1. The number of rotatable bonds is 2. The molecule has 0 bridgehead atoms. The SMILES string of the molecule is C[C@@H]1C(=O)[C@H](C)[C@@H](c2cc(F)cc(F)c2)N[C@H]1c1cc(F)cc(F)c1. The first-order valence-corrected chi connectivity index (χ1v) is 7.98. The molecular formula is C19H17F4NO. The number of halogens is 4. The van der Waals surface area contributed by atoms with E-state index in [1.54, 1.807) is 13.8 Å². The largest absolute Gasteiger partial charge is 0.302 e. The Kier molecular flexibility index (Phi) is 4.64. The zero-order chi connectivity index (χ0) is 18.3. The summed E-state index contributed by atoms with van der Waals surface area (Å²) < 4.78 is 54.2. The molecular weight excluding hydrogens is 334 g/mol. The predicted octanol–water partition coefficient (Wildman–Crippen LogP) is 4.47. The van der Waals surface area contributed by atoms with Crippen LogP contribution in [-0.4, -0.2) is 5.78 Å². The van der Waals surface area contributed by atoms with E-state index in [2.05, 4.69) is 5.32 Å². The monoisotopic (exact) mass is 351 g/mol.